The van der Waals surface area contributed by atoms with Gasteiger partial charge in [-0.1, -0.05) is 24.3 Å². The molecule has 0 saturated heterocycles. The van der Waals surface area contributed by atoms with E-state index in [0.29, 0.717) is 0 Å². The second kappa shape index (κ2) is 7.33. The van der Waals surface area contributed by atoms with Gasteiger partial charge in [0.2, 0.25) is 0 Å². The van der Waals surface area contributed by atoms with Gasteiger partial charge in [0, 0.05) is 33.2 Å². The van der Waals surface area contributed by atoms with Crippen molar-refractivity contribution in [2.75, 3.05) is 0 Å². The van der Waals surface area contributed by atoms with E-state index in [9.17, 15) is 20.4 Å². The van der Waals surface area contributed by atoms with Gasteiger partial charge in [-0.2, -0.15) is 0 Å². The molecule has 36 heavy (non-hydrogen) atoms. The molecule has 1 aliphatic carbocycles. The molecule has 1 aliphatic rings. The summed E-state index contributed by atoms with van der Waals surface area (Å²) in [5, 5.41) is 43.3. The monoisotopic (exact) mass is 474 g/mol. The maximum Gasteiger partial charge on any atom is 0.116 e. The Morgan fingerprint density at radius 1 is 0.472 bits per heavy atom. The summed E-state index contributed by atoms with van der Waals surface area (Å²) in [4.78, 5) is 7.21. The highest BCUT2D eigenvalue weighted by molar-refractivity contribution is 5.94. The van der Waals surface area contributed by atoms with E-state index < -0.39 is 0 Å². The van der Waals surface area contributed by atoms with E-state index in [1.54, 1.807) is 48.5 Å². The summed E-state index contributed by atoms with van der Waals surface area (Å²) >= 11 is 0. The number of aromatic nitrogens is 2. The molecule has 2 atom stereocenters. The van der Waals surface area contributed by atoms with Crippen molar-refractivity contribution >= 4 is 21.8 Å². The largest absolute Gasteiger partial charge is 0.508 e. The number of benzene rings is 4. The lowest BCUT2D eigenvalue weighted by Gasteiger charge is -2.31. The molecule has 0 radical (unpaired) electrons. The molecular formula is C30H22N2O4. The van der Waals surface area contributed by atoms with Crippen LogP contribution < -0.4 is 0 Å². The highest BCUT2D eigenvalue weighted by Crippen LogP contribution is 2.53. The molecule has 6 aromatic rings. The topological polar surface area (TPSA) is 113 Å². The van der Waals surface area contributed by atoms with Gasteiger partial charge >= 0.3 is 0 Å². The van der Waals surface area contributed by atoms with Crippen molar-refractivity contribution in [1.82, 2.24) is 9.97 Å². The molecule has 176 valence electrons. The molecule has 0 bridgehead atoms. The second-order valence-electron chi connectivity index (χ2n) is 9.42. The average Bonchev–Trinajstić information content (AvgIpc) is 3.40. The summed E-state index contributed by atoms with van der Waals surface area (Å²) in [7, 11) is 0. The van der Waals surface area contributed by atoms with Crippen LogP contribution in [0.2, 0.25) is 0 Å². The minimum atomic E-state index is -0.277. The predicted molar refractivity (Wildman–Crippen MR) is 138 cm³/mol. The van der Waals surface area contributed by atoms with Crippen LogP contribution in [0.4, 0.5) is 0 Å². The maximum atomic E-state index is 10.4. The second-order valence-corrected chi connectivity index (χ2v) is 9.42. The van der Waals surface area contributed by atoms with Crippen molar-refractivity contribution in [2.45, 2.75) is 11.8 Å². The van der Waals surface area contributed by atoms with Crippen molar-refractivity contribution in [3.05, 3.63) is 119 Å². The van der Waals surface area contributed by atoms with Crippen molar-refractivity contribution in [1.29, 1.82) is 0 Å². The van der Waals surface area contributed by atoms with Crippen LogP contribution in [0.1, 0.15) is 45.5 Å². The number of hydrogen-bond donors (Lipinski definition) is 6. The van der Waals surface area contributed by atoms with Crippen LogP contribution in [0.5, 0.6) is 23.0 Å². The van der Waals surface area contributed by atoms with Crippen LogP contribution in [-0.2, 0) is 0 Å². The molecule has 4 aromatic carbocycles. The van der Waals surface area contributed by atoms with Gasteiger partial charge in [-0.25, -0.2) is 0 Å². The Kier molecular flexibility index (Phi) is 4.18. The minimum absolute atomic E-state index is 0.167. The first-order valence-corrected chi connectivity index (χ1v) is 11.7. The molecule has 0 amide bonds. The highest BCUT2D eigenvalue weighted by atomic mass is 16.3. The first kappa shape index (κ1) is 20.5. The summed E-state index contributed by atoms with van der Waals surface area (Å²) < 4.78 is 0. The first-order chi connectivity index (χ1) is 17.5. The predicted octanol–water partition coefficient (Wildman–Crippen LogP) is 6.15. The van der Waals surface area contributed by atoms with Gasteiger partial charge < -0.3 is 30.4 Å². The lowest BCUT2D eigenvalue weighted by atomic mass is 9.72. The van der Waals surface area contributed by atoms with Crippen molar-refractivity contribution in [2.24, 2.45) is 0 Å². The van der Waals surface area contributed by atoms with Crippen molar-refractivity contribution in [3.63, 3.8) is 0 Å². The zero-order valence-corrected chi connectivity index (χ0v) is 19.0. The molecule has 6 nitrogen and oxygen atoms in total. The van der Waals surface area contributed by atoms with Crippen LogP contribution in [0.25, 0.3) is 21.8 Å². The number of phenolic OH excluding ortho intramolecular Hbond substituents is 4. The fourth-order valence-corrected chi connectivity index (χ4v) is 5.88. The molecule has 2 unspecified atom stereocenters. The van der Waals surface area contributed by atoms with E-state index >= 15 is 0 Å². The van der Waals surface area contributed by atoms with E-state index in [1.807, 2.05) is 36.4 Å². The molecular weight excluding hydrogens is 452 g/mol. The maximum absolute atomic E-state index is 10.4. The summed E-state index contributed by atoms with van der Waals surface area (Å²) in [6.45, 7) is 0. The third kappa shape index (κ3) is 2.91. The molecule has 6 heteroatoms. The Morgan fingerprint density at radius 3 is 1.31 bits per heavy atom. The lowest BCUT2D eigenvalue weighted by Crippen LogP contribution is -2.19. The Hall–Kier alpha value is -4.84. The molecule has 0 aliphatic heterocycles. The van der Waals surface area contributed by atoms with Gasteiger partial charge in [-0.05, 0) is 82.9 Å². The van der Waals surface area contributed by atoms with Crippen LogP contribution in [-0.4, -0.2) is 30.4 Å². The standard InChI is InChI=1S/C30H22N2O4/c33-17-5-1-3-15(11-17)25-27-21-13-19(35)7-9-23(21)32-30(27)26(16-4-2-6-18(34)12-16)28-22-14-20(36)8-10-24(22)31-29(25)28/h1-14,25-26,31-36H. The molecule has 2 aromatic heterocycles. The van der Waals surface area contributed by atoms with Gasteiger partial charge in [-0.3, -0.25) is 0 Å². The number of rotatable bonds is 2. The smallest absolute Gasteiger partial charge is 0.116 e. The third-order valence-corrected chi connectivity index (χ3v) is 7.27. The lowest BCUT2D eigenvalue weighted by molar-refractivity contribution is 0.473. The molecule has 0 saturated carbocycles. The third-order valence-electron chi connectivity index (χ3n) is 7.27. The van der Waals surface area contributed by atoms with Gasteiger partial charge in [-0.15, -0.1) is 0 Å². The Morgan fingerprint density at radius 2 is 0.889 bits per heavy atom. The van der Waals surface area contributed by atoms with E-state index in [-0.39, 0.29) is 34.8 Å². The zero-order valence-electron chi connectivity index (χ0n) is 19.0. The molecule has 0 fully saturated rings. The number of nitrogens with one attached hydrogen (secondary N) is 2. The number of phenols is 4. The van der Waals surface area contributed by atoms with E-state index in [0.717, 1.165) is 55.4 Å². The Labute approximate surface area is 205 Å². The van der Waals surface area contributed by atoms with Crippen LogP contribution in [0.3, 0.4) is 0 Å². The number of fused-ring (bicyclic) bond motifs is 6. The van der Waals surface area contributed by atoms with Crippen LogP contribution >= 0.6 is 0 Å². The van der Waals surface area contributed by atoms with Crippen molar-refractivity contribution < 1.29 is 20.4 Å². The van der Waals surface area contributed by atoms with Crippen LogP contribution in [0.15, 0.2) is 84.9 Å². The van der Waals surface area contributed by atoms with Gasteiger partial charge in [0.1, 0.15) is 23.0 Å². The van der Waals surface area contributed by atoms with Gasteiger partial charge in [0.15, 0.2) is 0 Å². The number of H-pyrrole nitrogens is 2. The van der Waals surface area contributed by atoms with E-state index in [2.05, 4.69) is 9.97 Å². The van der Waals surface area contributed by atoms with Crippen molar-refractivity contribution in [3.8, 4) is 23.0 Å². The summed E-state index contributed by atoms with van der Waals surface area (Å²) in [5.74, 6) is 0.117. The van der Waals surface area contributed by atoms with Gasteiger partial charge in [0.25, 0.3) is 0 Å². The highest BCUT2D eigenvalue weighted by Gasteiger charge is 2.39. The fourth-order valence-electron chi connectivity index (χ4n) is 5.88. The summed E-state index contributed by atoms with van der Waals surface area (Å²) in [6.07, 6.45) is 0. The number of aromatic amines is 2. The SMILES string of the molecule is Oc1cccc(C2c3[nH]c4ccc(O)cc4c3C(c3cccc(O)c3)c3[nH]c4ccc(O)cc4c32)c1. The van der Waals surface area contributed by atoms with Gasteiger partial charge in [0.05, 0.1) is 11.8 Å². The normalized spacial score (nSPS) is 16.8. The summed E-state index contributed by atoms with van der Waals surface area (Å²) in [5.41, 5.74) is 7.40. The Bertz CT molecular complexity index is 1680. The van der Waals surface area contributed by atoms with E-state index in [4.69, 9.17) is 0 Å². The zero-order chi connectivity index (χ0) is 24.6. The van der Waals surface area contributed by atoms with E-state index in [1.165, 1.54) is 0 Å². The molecule has 6 N–H and O–H groups in total. The quantitative estimate of drug-likeness (QED) is 0.181. The average molecular weight is 475 g/mol. The first-order valence-electron chi connectivity index (χ1n) is 11.7. The summed E-state index contributed by atoms with van der Waals surface area (Å²) in [6, 6.07) is 25.0. The van der Waals surface area contributed by atoms with Crippen LogP contribution in [0, 0.1) is 0 Å². The molecule has 2 heterocycles. The Balaban J connectivity index is 1.65. The number of hydrogen-bond acceptors (Lipinski definition) is 4. The fraction of sp³-hybridized carbons (Fsp3) is 0.0667. The molecule has 0 spiro atoms. The molecule has 7 rings (SSSR count). The number of aromatic hydroxyl groups is 4. The minimum Gasteiger partial charge on any atom is -0.508 e.